The SMILES string of the molecule is Cc1cn(-c2cnc(O[C@@H]3CCN(C(=O)Cc4ccc(OC(F)(F)F)cc4)C[C@@H]3F)c(C(N)=O)c2)cn1. The van der Waals surface area contributed by atoms with Gasteiger partial charge in [0.05, 0.1) is 36.9 Å². The predicted molar refractivity (Wildman–Crippen MR) is 122 cm³/mol. The number of rotatable bonds is 7. The molecule has 4 rings (SSSR count). The number of primary amides is 1. The zero-order valence-electron chi connectivity index (χ0n) is 19.6. The van der Waals surface area contributed by atoms with Crippen LogP contribution in [0.3, 0.4) is 0 Å². The number of nitrogens with two attached hydrogens (primary N) is 1. The molecule has 0 spiro atoms. The Balaban J connectivity index is 1.37. The molecule has 0 saturated carbocycles. The van der Waals surface area contributed by atoms with Crippen LogP contribution in [-0.4, -0.2) is 63.0 Å². The zero-order valence-corrected chi connectivity index (χ0v) is 19.6. The molecule has 1 aromatic carbocycles. The van der Waals surface area contributed by atoms with Crippen molar-refractivity contribution in [3.8, 4) is 17.3 Å². The van der Waals surface area contributed by atoms with Gasteiger partial charge in [0.15, 0.2) is 6.17 Å². The summed E-state index contributed by atoms with van der Waals surface area (Å²) >= 11 is 0. The van der Waals surface area contributed by atoms with Crippen molar-refractivity contribution in [1.82, 2.24) is 19.4 Å². The Bertz CT molecular complexity index is 1280. The van der Waals surface area contributed by atoms with Gasteiger partial charge in [0.1, 0.15) is 17.4 Å². The molecule has 9 nitrogen and oxygen atoms in total. The summed E-state index contributed by atoms with van der Waals surface area (Å²) in [5, 5.41) is 0. The highest BCUT2D eigenvalue weighted by atomic mass is 19.4. The first-order valence-electron chi connectivity index (χ1n) is 11.2. The summed E-state index contributed by atoms with van der Waals surface area (Å²) in [6.45, 7) is 1.73. The van der Waals surface area contributed by atoms with E-state index in [9.17, 15) is 27.2 Å². The van der Waals surface area contributed by atoms with Crippen molar-refractivity contribution in [1.29, 1.82) is 0 Å². The van der Waals surface area contributed by atoms with Crippen molar-refractivity contribution in [2.75, 3.05) is 13.1 Å². The van der Waals surface area contributed by atoms with E-state index in [1.165, 1.54) is 29.3 Å². The van der Waals surface area contributed by atoms with Gasteiger partial charge in [-0.25, -0.2) is 14.4 Å². The first kappa shape index (κ1) is 25.9. The molecule has 3 aromatic rings. The van der Waals surface area contributed by atoms with Gasteiger partial charge < -0.3 is 24.7 Å². The van der Waals surface area contributed by atoms with Crippen LogP contribution >= 0.6 is 0 Å². The summed E-state index contributed by atoms with van der Waals surface area (Å²) in [5.41, 5.74) is 7.21. The fourth-order valence-corrected chi connectivity index (χ4v) is 3.90. The average molecular weight is 521 g/mol. The van der Waals surface area contributed by atoms with E-state index >= 15 is 0 Å². The number of aromatic nitrogens is 3. The van der Waals surface area contributed by atoms with E-state index in [0.717, 1.165) is 17.8 Å². The van der Waals surface area contributed by atoms with Crippen LogP contribution in [0.2, 0.25) is 0 Å². The van der Waals surface area contributed by atoms with E-state index in [-0.39, 0.29) is 43.3 Å². The fraction of sp³-hybridized carbons (Fsp3) is 0.333. The Morgan fingerprint density at radius 1 is 1.19 bits per heavy atom. The summed E-state index contributed by atoms with van der Waals surface area (Å²) in [7, 11) is 0. The summed E-state index contributed by atoms with van der Waals surface area (Å²) in [6.07, 6.45) is -2.60. The Morgan fingerprint density at radius 2 is 1.92 bits per heavy atom. The maximum Gasteiger partial charge on any atom is 0.573 e. The van der Waals surface area contributed by atoms with Crippen LogP contribution in [0.1, 0.15) is 28.0 Å². The van der Waals surface area contributed by atoms with Crippen LogP contribution in [0.15, 0.2) is 49.1 Å². The van der Waals surface area contributed by atoms with Crippen LogP contribution < -0.4 is 15.2 Å². The largest absolute Gasteiger partial charge is 0.573 e. The monoisotopic (exact) mass is 521 g/mol. The van der Waals surface area contributed by atoms with E-state index in [1.54, 1.807) is 24.0 Å². The number of amides is 2. The van der Waals surface area contributed by atoms with Crippen molar-refractivity contribution in [3.05, 3.63) is 65.9 Å². The number of ether oxygens (including phenoxy) is 2. The minimum atomic E-state index is -4.81. The second kappa shape index (κ2) is 10.4. The number of nitrogens with zero attached hydrogens (tertiary/aromatic N) is 4. The average Bonchev–Trinajstić information content (AvgIpc) is 3.27. The van der Waals surface area contributed by atoms with Gasteiger partial charge in [-0.3, -0.25) is 9.59 Å². The van der Waals surface area contributed by atoms with Gasteiger partial charge in [-0.2, -0.15) is 0 Å². The van der Waals surface area contributed by atoms with Crippen LogP contribution in [-0.2, 0) is 11.2 Å². The van der Waals surface area contributed by atoms with Crippen LogP contribution in [0.5, 0.6) is 11.6 Å². The summed E-state index contributed by atoms with van der Waals surface area (Å²) in [6, 6.07) is 6.37. The van der Waals surface area contributed by atoms with Gasteiger partial charge in [0, 0.05) is 19.2 Å². The minimum Gasteiger partial charge on any atom is -0.471 e. The van der Waals surface area contributed by atoms with Crippen LogP contribution in [0, 0.1) is 6.92 Å². The molecule has 2 amide bonds. The minimum absolute atomic E-state index is 0.0208. The molecule has 2 aromatic heterocycles. The molecule has 2 N–H and O–H groups in total. The number of likely N-dealkylation sites (tertiary alicyclic amines) is 1. The fourth-order valence-electron chi connectivity index (χ4n) is 3.90. The van der Waals surface area contributed by atoms with Crippen molar-refractivity contribution >= 4 is 11.8 Å². The topological polar surface area (TPSA) is 113 Å². The number of benzene rings is 1. The molecule has 1 fully saturated rings. The lowest BCUT2D eigenvalue weighted by Gasteiger charge is -2.34. The van der Waals surface area contributed by atoms with Crippen molar-refractivity contribution in [2.24, 2.45) is 5.73 Å². The molecular formula is C24H23F4N5O4. The molecule has 3 heterocycles. The number of hydrogen-bond acceptors (Lipinski definition) is 6. The van der Waals surface area contributed by atoms with Gasteiger partial charge in [-0.05, 0) is 30.7 Å². The van der Waals surface area contributed by atoms with E-state index in [1.807, 2.05) is 0 Å². The highest BCUT2D eigenvalue weighted by Crippen LogP contribution is 2.26. The molecular weight excluding hydrogens is 498 g/mol. The number of imidazole rings is 1. The van der Waals surface area contributed by atoms with E-state index in [4.69, 9.17) is 10.5 Å². The lowest BCUT2D eigenvalue weighted by Crippen LogP contribution is -2.49. The highest BCUT2D eigenvalue weighted by molar-refractivity contribution is 5.95. The van der Waals surface area contributed by atoms with Gasteiger partial charge in [0.2, 0.25) is 11.8 Å². The third-order valence-electron chi connectivity index (χ3n) is 5.72. The first-order valence-corrected chi connectivity index (χ1v) is 11.2. The number of alkyl halides is 4. The lowest BCUT2D eigenvalue weighted by atomic mass is 10.0. The summed E-state index contributed by atoms with van der Waals surface area (Å²) in [5.74, 6) is -1.69. The van der Waals surface area contributed by atoms with Crippen molar-refractivity contribution in [3.63, 3.8) is 0 Å². The Morgan fingerprint density at radius 3 is 2.51 bits per heavy atom. The number of halogens is 4. The van der Waals surface area contributed by atoms with Gasteiger partial charge in [-0.1, -0.05) is 12.1 Å². The Labute approximate surface area is 208 Å². The molecule has 1 saturated heterocycles. The quantitative estimate of drug-likeness (QED) is 0.478. The Kier molecular flexibility index (Phi) is 7.32. The van der Waals surface area contributed by atoms with E-state index in [2.05, 4.69) is 14.7 Å². The highest BCUT2D eigenvalue weighted by Gasteiger charge is 2.34. The lowest BCUT2D eigenvalue weighted by molar-refractivity contribution is -0.274. The molecule has 196 valence electrons. The third-order valence-corrected chi connectivity index (χ3v) is 5.72. The third kappa shape index (κ3) is 6.54. The normalized spacial score (nSPS) is 17.9. The van der Waals surface area contributed by atoms with Gasteiger partial charge >= 0.3 is 6.36 Å². The maximum absolute atomic E-state index is 15.0. The standard InChI is InChI=1S/C24H23F4N5O4/c1-14-11-33(13-31-14)16-9-18(22(29)35)23(30-10-16)36-20-6-7-32(12-19(20)25)21(34)8-15-2-4-17(5-3-15)37-24(26,27)28/h2-5,9-11,13,19-20H,6-8,12H2,1H3,(H2,29,35)/t19-,20+/m0/s1. The maximum atomic E-state index is 15.0. The second-order valence-corrected chi connectivity index (χ2v) is 8.50. The molecule has 0 bridgehead atoms. The molecule has 1 aliphatic heterocycles. The zero-order chi connectivity index (χ0) is 26.7. The first-order chi connectivity index (χ1) is 17.5. The molecule has 37 heavy (non-hydrogen) atoms. The number of piperidine rings is 1. The molecule has 1 aliphatic rings. The van der Waals surface area contributed by atoms with E-state index < -0.39 is 30.3 Å². The summed E-state index contributed by atoms with van der Waals surface area (Å²) in [4.78, 5) is 34.2. The molecule has 0 radical (unpaired) electrons. The van der Waals surface area contributed by atoms with Gasteiger partial charge in [-0.15, -0.1) is 13.2 Å². The van der Waals surface area contributed by atoms with Crippen LogP contribution in [0.25, 0.3) is 5.69 Å². The number of carbonyl (C=O) groups excluding carboxylic acids is 2. The molecule has 2 atom stereocenters. The predicted octanol–water partition coefficient (Wildman–Crippen LogP) is 3.13. The van der Waals surface area contributed by atoms with Crippen LogP contribution in [0.4, 0.5) is 17.6 Å². The van der Waals surface area contributed by atoms with Crippen molar-refractivity contribution < 1.29 is 36.6 Å². The smallest absolute Gasteiger partial charge is 0.471 e. The number of aryl methyl sites for hydroxylation is 1. The molecule has 13 heteroatoms. The molecule has 0 unspecified atom stereocenters. The molecule has 0 aliphatic carbocycles. The Hall–Kier alpha value is -4.16. The van der Waals surface area contributed by atoms with Gasteiger partial charge in [0.25, 0.3) is 5.91 Å². The number of hydrogen-bond donors (Lipinski definition) is 1. The number of carbonyl (C=O) groups is 2. The summed E-state index contributed by atoms with van der Waals surface area (Å²) < 4.78 is 63.0. The van der Waals surface area contributed by atoms with E-state index in [0.29, 0.717) is 11.3 Å². The second-order valence-electron chi connectivity index (χ2n) is 8.50. The van der Waals surface area contributed by atoms with Crippen molar-refractivity contribution in [2.45, 2.75) is 38.4 Å². The number of pyridine rings is 1.